The number of rotatable bonds is 5. The summed E-state index contributed by atoms with van der Waals surface area (Å²) < 4.78 is 16.8. The molecule has 0 saturated heterocycles. The number of carbonyl (C=O) groups is 1. The molecule has 0 spiro atoms. The first-order valence-electron chi connectivity index (χ1n) is 9.04. The summed E-state index contributed by atoms with van der Waals surface area (Å²) in [5.41, 5.74) is 2.63. The highest BCUT2D eigenvalue weighted by Crippen LogP contribution is 2.23. The van der Waals surface area contributed by atoms with Gasteiger partial charge in [-0.05, 0) is 61.0 Å². The lowest BCUT2D eigenvalue weighted by atomic mass is 10.2. The molecule has 0 bridgehead atoms. The maximum Gasteiger partial charge on any atom is 0.257 e. The molecule has 0 aliphatic carbocycles. The Labute approximate surface area is 172 Å². The maximum atomic E-state index is 13.4. The summed E-state index contributed by atoms with van der Waals surface area (Å²) in [7, 11) is 0. The number of aryl methyl sites for hydroxylation is 1. The summed E-state index contributed by atoms with van der Waals surface area (Å²) >= 11 is 5.92. The van der Waals surface area contributed by atoms with Gasteiger partial charge in [0.15, 0.2) is 5.82 Å². The van der Waals surface area contributed by atoms with Crippen LogP contribution in [0.2, 0.25) is 5.02 Å². The van der Waals surface area contributed by atoms with Crippen molar-refractivity contribution in [2.45, 2.75) is 13.5 Å². The van der Waals surface area contributed by atoms with E-state index in [2.05, 4.69) is 10.4 Å². The molecule has 0 saturated carbocycles. The van der Waals surface area contributed by atoms with E-state index in [4.69, 9.17) is 11.6 Å². The molecule has 2 aromatic carbocycles. The Morgan fingerprint density at radius 2 is 1.72 bits per heavy atom. The Kier molecular flexibility index (Phi) is 5.18. The Morgan fingerprint density at radius 1 is 1.07 bits per heavy atom. The minimum absolute atomic E-state index is 0.241. The summed E-state index contributed by atoms with van der Waals surface area (Å²) in [5.74, 6) is 0.0169. The van der Waals surface area contributed by atoms with Gasteiger partial charge in [0.2, 0.25) is 0 Å². The standard InChI is InChI=1S/C22H18ClFN4O/c1-15-20(21(29)25-14-16-4-6-17(23)7-5-16)22(27-12-2-3-13-27)28(26-15)19-10-8-18(24)9-11-19/h2-13H,14H2,1H3,(H,25,29). The van der Waals surface area contributed by atoms with Crippen LogP contribution >= 0.6 is 11.6 Å². The van der Waals surface area contributed by atoms with Crippen LogP contribution in [0.1, 0.15) is 21.6 Å². The lowest BCUT2D eigenvalue weighted by molar-refractivity contribution is 0.0950. The van der Waals surface area contributed by atoms with Gasteiger partial charge >= 0.3 is 0 Å². The van der Waals surface area contributed by atoms with Crippen LogP contribution in [0, 0.1) is 12.7 Å². The third-order valence-electron chi connectivity index (χ3n) is 4.55. The average Bonchev–Trinajstić information content (AvgIpc) is 3.35. The fraction of sp³-hybridized carbons (Fsp3) is 0.0909. The second-order valence-corrected chi connectivity index (χ2v) is 7.01. The van der Waals surface area contributed by atoms with Gasteiger partial charge in [0, 0.05) is 24.0 Å². The lowest BCUT2D eigenvalue weighted by Gasteiger charge is -2.11. The van der Waals surface area contributed by atoms with Crippen LogP contribution in [0.5, 0.6) is 0 Å². The molecule has 146 valence electrons. The van der Waals surface area contributed by atoms with Crippen molar-refractivity contribution in [3.05, 3.63) is 101 Å². The van der Waals surface area contributed by atoms with E-state index in [-0.39, 0.29) is 11.7 Å². The highest BCUT2D eigenvalue weighted by atomic mass is 35.5. The highest BCUT2D eigenvalue weighted by molar-refractivity contribution is 6.30. The van der Waals surface area contributed by atoms with E-state index >= 15 is 0 Å². The van der Waals surface area contributed by atoms with E-state index in [9.17, 15) is 9.18 Å². The molecular formula is C22H18ClFN4O. The zero-order valence-corrected chi connectivity index (χ0v) is 16.4. The molecule has 0 aliphatic rings. The van der Waals surface area contributed by atoms with Gasteiger partial charge in [-0.25, -0.2) is 9.07 Å². The van der Waals surface area contributed by atoms with Gasteiger partial charge in [-0.2, -0.15) is 5.10 Å². The van der Waals surface area contributed by atoms with Crippen LogP contribution in [-0.2, 0) is 6.54 Å². The fourth-order valence-electron chi connectivity index (χ4n) is 3.13. The first kappa shape index (κ1) is 19.0. The van der Waals surface area contributed by atoms with E-state index in [1.54, 1.807) is 35.9 Å². The van der Waals surface area contributed by atoms with E-state index in [1.807, 2.05) is 41.2 Å². The van der Waals surface area contributed by atoms with Gasteiger partial charge in [0.05, 0.1) is 11.4 Å². The molecule has 29 heavy (non-hydrogen) atoms. The zero-order chi connectivity index (χ0) is 20.4. The summed E-state index contributed by atoms with van der Waals surface area (Å²) in [6.07, 6.45) is 3.68. The predicted molar refractivity (Wildman–Crippen MR) is 110 cm³/mol. The Hall–Kier alpha value is -3.38. The van der Waals surface area contributed by atoms with Gasteiger partial charge in [0.1, 0.15) is 11.4 Å². The summed E-state index contributed by atoms with van der Waals surface area (Å²) in [6.45, 7) is 2.15. The summed E-state index contributed by atoms with van der Waals surface area (Å²) in [5, 5.41) is 8.14. The van der Waals surface area contributed by atoms with Crippen molar-refractivity contribution < 1.29 is 9.18 Å². The monoisotopic (exact) mass is 408 g/mol. The van der Waals surface area contributed by atoms with Crippen molar-refractivity contribution in [3.63, 3.8) is 0 Å². The number of halogens is 2. The van der Waals surface area contributed by atoms with Crippen molar-refractivity contribution in [2.24, 2.45) is 0 Å². The van der Waals surface area contributed by atoms with E-state index in [0.717, 1.165) is 5.56 Å². The number of nitrogens with one attached hydrogen (secondary N) is 1. The molecule has 4 rings (SSSR count). The average molecular weight is 409 g/mol. The fourth-order valence-corrected chi connectivity index (χ4v) is 3.26. The quantitative estimate of drug-likeness (QED) is 0.520. The second-order valence-electron chi connectivity index (χ2n) is 6.57. The number of benzene rings is 2. The van der Waals surface area contributed by atoms with E-state index in [1.165, 1.54) is 12.1 Å². The van der Waals surface area contributed by atoms with Crippen LogP contribution in [-0.4, -0.2) is 20.3 Å². The Bertz CT molecular complexity index is 1130. The SMILES string of the molecule is Cc1nn(-c2ccc(F)cc2)c(-n2cccc2)c1C(=O)NCc1ccc(Cl)cc1. The van der Waals surface area contributed by atoms with Crippen molar-refractivity contribution in [1.29, 1.82) is 0 Å². The van der Waals surface area contributed by atoms with Crippen molar-refractivity contribution >= 4 is 17.5 Å². The number of hydrogen-bond acceptors (Lipinski definition) is 2. The molecule has 5 nitrogen and oxygen atoms in total. The normalized spacial score (nSPS) is 10.9. The van der Waals surface area contributed by atoms with Crippen molar-refractivity contribution in [2.75, 3.05) is 0 Å². The largest absolute Gasteiger partial charge is 0.348 e. The summed E-state index contributed by atoms with van der Waals surface area (Å²) in [4.78, 5) is 13.1. The van der Waals surface area contributed by atoms with Crippen molar-refractivity contribution in [1.82, 2.24) is 19.7 Å². The smallest absolute Gasteiger partial charge is 0.257 e. The number of nitrogens with zero attached hydrogens (tertiary/aromatic N) is 3. The number of carbonyl (C=O) groups excluding carboxylic acids is 1. The van der Waals surface area contributed by atoms with Crippen LogP contribution in [0.4, 0.5) is 4.39 Å². The second kappa shape index (κ2) is 7.93. The number of amides is 1. The molecule has 0 fully saturated rings. The minimum atomic E-state index is -0.332. The van der Waals surface area contributed by atoms with Gasteiger partial charge in [-0.1, -0.05) is 23.7 Å². The molecule has 0 atom stereocenters. The first-order chi connectivity index (χ1) is 14.0. The van der Waals surface area contributed by atoms with Gasteiger partial charge < -0.3 is 9.88 Å². The Morgan fingerprint density at radius 3 is 2.38 bits per heavy atom. The molecule has 1 amide bonds. The summed E-state index contributed by atoms with van der Waals surface area (Å²) in [6, 6.07) is 17.0. The third-order valence-corrected chi connectivity index (χ3v) is 4.80. The van der Waals surface area contributed by atoms with E-state index in [0.29, 0.717) is 34.3 Å². The first-order valence-corrected chi connectivity index (χ1v) is 9.42. The molecule has 0 unspecified atom stereocenters. The lowest BCUT2D eigenvalue weighted by Crippen LogP contribution is -2.24. The molecule has 1 N–H and O–H groups in total. The number of hydrogen-bond donors (Lipinski definition) is 1. The van der Waals surface area contributed by atoms with Gasteiger partial charge in [-0.15, -0.1) is 0 Å². The molecule has 7 heteroatoms. The predicted octanol–water partition coefficient (Wildman–Crippen LogP) is 4.69. The van der Waals surface area contributed by atoms with Crippen LogP contribution in [0.3, 0.4) is 0 Å². The van der Waals surface area contributed by atoms with Crippen LogP contribution in [0.15, 0.2) is 73.1 Å². The maximum absolute atomic E-state index is 13.4. The molecular weight excluding hydrogens is 391 g/mol. The molecule has 2 heterocycles. The molecule has 0 aliphatic heterocycles. The number of aromatic nitrogens is 3. The third kappa shape index (κ3) is 3.93. The van der Waals surface area contributed by atoms with Crippen molar-refractivity contribution in [3.8, 4) is 11.5 Å². The topological polar surface area (TPSA) is 51.9 Å². The molecule has 4 aromatic rings. The molecule has 0 radical (unpaired) electrons. The highest BCUT2D eigenvalue weighted by Gasteiger charge is 2.23. The Balaban J connectivity index is 1.71. The van der Waals surface area contributed by atoms with Gasteiger partial charge in [-0.3, -0.25) is 4.79 Å². The van der Waals surface area contributed by atoms with Crippen LogP contribution in [0.25, 0.3) is 11.5 Å². The zero-order valence-electron chi connectivity index (χ0n) is 15.6. The van der Waals surface area contributed by atoms with E-state index < -0.39 is 0 Å². The van der Waals surface area contributed by atoms with Crippen LogP contribution < -0.4 is 5.32 Å². The molecule has 2 aromatic heterocycles. The minimum Gasteiger partial charge on any atom is -0.348 e. The van der Waals surface area contributed by atoms with Gasteiger partial charge in [0.25, 0.3) is 5.91 Å².